The van der Waals surface area contributed by atoms with Crippen LogP contribution in [0.4, 0.5) is 0 Å². The number of hydrogen-bond donors (Lipinski definition) is 1. The number of halogens is 1. The molecule has 3 aromatic rings. The Balaban J connectivity index is 2.06. The summed E-state index contributed by atoms with van der Waals surface area (Å²) >= 11 is 5.90. The lowest BCUT2D eigenvalue weighted by atomic mass is 10.0. The van der Waals surface area contributed by atoms with Crippen LogP contribution in [0, 0.1) is 5.41 Å². The molecular weight excluding hydrogens is 268 g/mol. The molecule has 2 nitrogen and oxygen atoms in total. The Morgan fingerprint density at radius 3 is 2.20 bits per heavy atom. The Morgan fingerprint density at radius 1 is 0.850 bits per heavy atom. The highest BCUT2D eigenvalue weighted by molar-refractivity contribution is 6.30. The van der Waals surface area contributed by atoms with Gasteiger partial charge < -0.3 is 4.57 Å². The van der Waals surface area contributed by atoms with Gasteiger partial charge in [-0.05, 0) is 30.3 Å². The number of nitrogens with zero attached hydrogens (tertiary/aromatic N) is 1. The number of rotatable bonds is 3. The molecule has 0 aliphatic rings. The summed E-state index contributed by atoms with van der Waals surface area (Å²) in [4.78, 5) is 0. The van der Waals surface area contributed by atoms with Crippen molar-refractivity contribution >= 4 is 17.3 Å². The lowest BCUT2D eigenvalue weighted by molar-refractivity contribution is 1.07. The fourth-order valence-electron chi connectivity index (χ4n) is 2.18. The first kappa shape index (κ1) is 12.7. The Bertz CT molecular complexity index is 728. The van der Waals surface area contributed by atoms with Gasteiger partial charge in [-0.3, -0.25) is 5.41 Å². The molecule has 0 atom stereocenters. The van der Waals surface area contributed by atoms with Gasteiger partial charge in [-0.1, -0.05) is 41.9 Å². The summed E-state index contributed by atoms with van der Waals surface area (Å²) in [6, 6.07) is 19.2. The number of aromatic nitrogens is 1. The second-order valence-electron chi connectivity index (χ2n) is 4.49. The van der Waals surface area contributed by atoms with Crippen LogP contribution in [-0.2, 0) is 0 Å². The highest BCUT2D eigenvalue weighted by Gasteiger charge is 2.10. The van der Waals surface area contributed by atoms with Gasteiger partial charge in [0.2, 0.25) is 0 Å². The first-order valence-corrected chi connectivity index (χ1v) is 6.71. The summed E-state index contributed by atoms with van der Waals surface area (Å²) in [7, 11) is 0. The van der Waals surface area contributed by atoms with Crippen LogP contribution in [0.5, 0.6) is 0 Å². The van der Waals surface area contributed by atoms with E-state index in [0.29, 0.717) is 10.7 Å². The normalized spacial score (nSPS) is 10.4. The second-order valence-corrected chi connectivity index (χ2v) is 4.93. The molecule has 0 aliphatic carbocycles. The van der Waals surface area contributed by atoms with Crippen LogP contribution in [-0.4, -0.2) is 10.3 Å². The molecule has 0 radical (unpaired) electrons. The molecule has 1 heterocycles. The molecule has 0 fully saturated rings. The molecule has 98 valence electrons. The summed E-state index contributed by atoms with van der Waals surface area (Å²) in [5, 5.41) is 9.11. The average molecular weight is 281 g/mol. The highest BCUT2D eigenvalue weighted by atomic mass is 35.5. The van der Waals surface area contributed by atoms with Crippen molar-refractivity contribution in [3.63, 3.8) is 0 Å². The van der Waals surface area contributed by atoms with E-state index >= 15 is 0 Å². The molecular formula is C17H13ClN2. The van der Waals surface area contributed by atoms with E-state index in [1.165, 1.54) is 0 Å². The molecule has 3 heteroatoms. The van der Waals surface area contributed by atoms with Crippen LogP contribution >= 0.6 is 11.6 Å². The third-order valence-corrected chi connectivity index (χ3v) is 3.44. The summed E-state index contributed by atoms with van der Waals surface area (Å²) in [6.45, 7) is 0. The Labute approximate surface area is 122 Å². The topological polar surface area (TPSA) is 28.8 Å². The van der Waals surface area contributed by atoms with Crippen molar-refractivity contribution in [2.75, 3.05) is 0 Å². The molecule has 0 unspecified atom stereocenters. The highest BCUT2D eigenvalue weighted by Crippen LogP contribution is 2.19. The first-order valence-electron chi connectivity index (χ1n) is 6.33. The van der Waals surface area contributed by atoms with E-state index in [9.17, 15) is 0 Å². The van der Waals surface area contributed by atoms with E-state index < -0.39 is 0 Å². The molecule has 1 N–H and O–H groups in total. The number of nitrogens with one attached hydrogen (secondary N) is 1. The lowest BCUT2D eigenvalue weighted by Gasteiger charge is -2.12. The predicted octanol–water partition coefficient (Wildman–Crippen LogP) is 4.55. The number of para-hydroxylation sites is 1. The fraction of sp³-hybridized carbons (Fsp3) is 0. The maximum atomic E-state index is 8.43. The van der Waals surface area contributed by atoms with E-state index in [-0.39, 0.29) is 0 Å². The summed E-state index contributed by atoms with van der Waals surface area (Å²) < 4.78 is 2.01. The quantitative estimate of drug-likeness (QED) is 0.682. The molecule has 2 aromatic carbocycles. The zero-order valence-electron chi connectivity index (χ0n) is 10.8. The van der Waals surface area contributed by atoms with Gasteiger partial charge in [0.05, 0.1) is 11.4 Å². The standard InChI is InChI=1S/C17H13ClN2/c18-14-9-7-13(8-10-14)17(19)15-5-1-2-6-16(15)20-11-3-4-12-20/h1-12,19H. The fourth-order valence-corrected chi connectivity index (χ4v) is 2.30. The summed E-state index contributed by atoms with van der Waals surface area (Å²) in [5.41, 5.74) is 3.24. The van der Waals surface area contributed by atoms with E-state index in [4.69, 9.17) is 17.0 Å². The van der Waals surface area contributed by atoms with Gasteiger partial charge in [0, 0.05) is 28.5 Å². The van der Waals surface area contributed by atoms with Crippen molar-refractivity contribution < 1.29 is 0 Å². The lowest BCUT2D eigenvalue weighted by Crippen LogP contribution is -2.06. The molecule has 3 rings (SSSR count). The van der Waals surface area contributed by atoms with Gasteiger partial charge in [-0.2, -0.15) is 0 Å². The van der Waals surface area contributed by atoms with Crippen molar-refractivity contribution in [1.82, 2.24) is 4.57 Å². The van der Waals surface area contributed by atoms with E-state index in [1.54, 1.807) is 0 Å². The molecule has 0 bridgehead atoms. The smallest absolute Gasteiger partial charge is 0.0705 e. The monoisotopic (exact) mass is 280 g/mol. The minimum atomic E-state index is 0.492. The number of benzene rings is 2. The van der Waals surface area contributed by atoms with E-state index in [1.807, 2.05) is 77.6 Å². The molecule has 1 aromatic heterocycles. The Morgan fingerprint density at radius 2 is 1.50 bits per heavy atom. The second kappa shape index (κ2) is 5.35. The molecule has 0 saturated heterocycles. The Hall–Kier alpha value is -2.32. The van der Waals surface area contributed by atoms with Crippen molar-refractivity contribution in [3.05, 3.63) is 89.2 Å². The zero-order chi connectivity index (χ0) is 13.9. The molecule has 0 aliphatic heterocycles. The molecule has 20 heavy (non-hydrogen) atoms. The molecule has 0 spiro atoms. The molecule has 0 saturated carbocycles. The first-order chi connectivity index (χ1) is 9.75. The van der Waals surface area contributed by atoms with Gasteiger partial charge in [-0.25, -0.2) is 0 Å². The third kappa shape index (κ3) is 2.38. The van der Waals surface area contributed by atoms with Crippen molar-refractivity contribution in [3.8, 4) is 5.69 Å². The van der Waals surface area contributed by atoms with E-state index in [0.717, 1.165) is 16.8 Å². The van der Waals surface area contributed by atoms with Crippen molar-refractivity contribution in [2.45, 2.75) is 0 Å². The van der Waals surface area contributed by atoms with Crippen LogP contribution in [0.25, 0.3) is 5.69 Å². The van der Waals surface area contributed by atoms with Gasteiger partial charge in [-0.15, -0.1) is 0 Å². The summed E-state index contributed by atoms with van der Waals surface area (Å²) in [6.07, 6.45) is 3.96. The zero-order valence-corrected chi connectivity index (χ0v) is 11.5. The Kier molecular flexibility index (Phi) is 3.40. The minimum Gasteiger partial charge on any atom is -0.323 e. The van der Waals surface area contributed by atoms with Gasteiger partial charge >= 0.3 is 0 Å². The van der Waals surface area contributed by atoms with Crippen molar-refractivity contribution in [2.24, 2.45) is 0 Å². The summed E-state index contributed by atoms with van der Waals surface area (Å²) in [5.74, 6) is 0. The van der Waals surface area contributed by atoms with Crippen LogP contribution in [0.2, 0.25) is 5.02 Å². The van der Waals surface area contributed by atoms with Gasteiger partial charge in [0.25, 0.3) is 0 Å². The van der Waals surface area contributed by atoms with Crippen LogP contribution < -0.4 is 0 Å². The maximum absolute atomic E-state index is 8.43. The minimum absolute atomic E-state index is 0.492. The number of hydrogen-bond acceptors (Lipinski definition) is 1. The SMILES string of the molecule is N=C(c1ccc(Cl)cc1)c1ccccc1-n1cccc1. The largest absolute Gasteiger partial charge is 0.323 e. The van der Waals surface area contributed by atoms with E-state index in [2.05, 4.69) is 0 Å². The average Bonchev–Trinajstić information content (AvgIpc) is 3.01. The third-order valence-electron chi connectivity index (χ3n) is 3.19. The van der Waals surface area contributed by atoms with Crippen LogP contribution in [0.1, 0.15) is 11.1 Å². The predicted molar refractivity (Wildman–Crippen MR) is 83.2 cm³/mol. The van der Waals surface area contributed by atoms with Gasteiger partial charge in [0.1, 0.15) is 0 Å². The van der Waals surface area contributed by atoms with Gasteiger partial charge in [0.15, 0.2) is 0 Å². The van der Waals surface area contributed by atoms with Crippen LogP contribution in [0.15, 0.2) is 73.1 Å². The van der Waals surface area contributed by atoms with Crippen molar-refractivity contribution in [1.29, 1.82) is 5.41 Å². The maximum Gasteiger partial charge on any atom is 0.0705 e. The van der Waals surface area contributed by atoms with Crippen LogP contribution in [0.3, 0.4) is 0 Å². The molecule has 0 amide bonds.